The molecule has 24 heavy (non-hydrogen) atoms. The average Bonchev–Trinajstić information content (AvgIpc) is 2.99. The molecule has 0 bridgehead atoms. The number of H-pyrrole nitrogens is 1. The van der Waals surface area contributed by atoms with Gasteiger partial charge in [0.15, 0.2) is 11.6 Å². The molecule has 3 aromatic rings. The van der Waals surface area contributed by atoms with Crippen LogP contribution in [0, 0.1) is 0 Å². The largest absolute Gasteiger partial charge is 0.391 e. The molecule has 3 aromatic heterocycles. The third kappa shape index (κ3) is 2.39. The van der Waals surface area contributed by atoms with E-state index in [1.165, 1.54) is 18.5 Å². The van der Waals surface area contributed by atoms with Gasteiger partial charge in [0.05, 0.1) is 6.10 Å². The number of hydrogen-bond acceptors (Lipinski definition) is 6. The van der Waals surface area contributed by atoms with Gasteiger partial charge in [0.25, 0.3) is 0 Å². The first-order valence-electron chi connectivity index (χ1n) is 8.37. The van der Waals surface area contributed by atoms with Crippen LogP contribution in [0.3, 0.4) is 0 Å². The first kappa shape index (κ1) is 13.8. The number of anilines is 3. The number of aromatic nitrogens is 5. The Morgan fingerprint density at radius 1 is 1.29 bits per heavy atom. The molecule has 8 heteroatoms. The van der Waals surface area contributed by atoms with Gasteiger partial charge in [0, 0.05) is 37.0 Å². The molecule has 1 atom stereocenters. The highest BCUT2D eigenvalue weighted by molar-refractivity contribution is 5.73. The normalized spacial score (nSPS) is 20.9. The summed E-state index contributed by atoms with van der Waals surface area (Å²) >= 11 is 0. The number of nitrogens with zero attached hydrogens (tertiary/aromatic N) is 5. The number of aromatic amines is 1. The van der Waals surface area contributed by atoms with Crippen molar-refractivity contribution in [3.05, 3.63) is 30.1 Å². The molecule has 0 unspecified atom stereocenters. The standard InChI is InChI=1S/C16H19N7O/c24-11-5-7-22(9-11)16-18-15(13-2-1-6-23(13)21-16)17-14-8-12(19-20-14)10-3-4-10/h1-2,6,8,10-11,24H,3-5,7,9H2,(H2,17,18,19,20,21)/t11-/m0/s1. The van der Waals surface area contributed by atoms with Crippen LogP contribution in [0.15, 0.2) is 24.4 Å². The lowest BCUT2D eigenvalue weighted by Gasteiger charge is -2.16. The summed E-state index contributed by atoms with van der Waals surface area (Å²) in [6.45, 7) is 1.34. The molecule has 1 aliphatic heterocycles. The van der Waals surface area contributed by atoms with Crippen molar-refractivity contribution in [1.82, 2.24) is 24.8 Å². The van der Waals surface area contributed by atoms with E-state index in [1.807, 2.05) is 27.7 Å². The van der Waals surface area contributed by atoms with E-state index in [0.29, 0.717) is 18.4 Å². The minimum Gasteiger partial charge on any atom is -0.391 e. The second-order valence-corrected chi connectivity index (χ2v) is 6.59. The van der Waals surface area contributed by atoms with Crippen LogP contribution in [-0.4, -0.2) is 49.1 Å². The Bertz CT molecular complexity index is 882. The van der Waals surface area contributed by atoms with Crippen LogP contribution in [0.5, 0.6) is 0 Å². The van der Waals surface area contributed by atoms with Crippen LogP contribution in [0.2, 0.25) is 0 Å². The molecule has 124 valence electrons. The summed E-state index contributed by atoms with van der Waals surface area (Å²) in [5, 5.41) is 25.1. The molecule has 3 N–H and O–H groups in total. The van der Waals surface area contributed by atoms with Gasteiger partial charge >= 0.3 is 0 Å². The van der Waals surface area contributed by atoms with E-state index in [1.54, 1.807) is 0 Å². The molecule has 1 aliphatic carbocycles. The van der Waals surface area contributed by atoms with Crippen LogP contribution in [0.1, 0.15) is 30.9 Å². The predicted molar refractivity (Wildman–Crippen MR) is 89.7 cm³/mol. The van der Waals surface area contributed by atoms with Crippen LogP contribution >= 0.6 is 0 Å². The molecule has 0 aromatic carbocycles. The van der Waals surface area contributed by atoms with Crippen molar-refractivity contribution in [1.29, 1.82) is 0 Å². The Balaban J connectivity index is 1.49. The summed E-state index contributed by atoms with van der Waals surface area (Å²) in [6.07, 6.45) is 4.81. The zero-order valence-electron chi connectivity index (χ0n) is 13.2. The number of hydrogen-bond donors (Lipinski definition) is 3. The summed E-state index contributed by atoms with van der Waals surface area (Å²) in [5.41, 5.74) is 2.08. The molecule has 0 radical (unpaired) electrons. The van der Waals surface area contributed by atoms with Crippen LogP contribution in [0.25, 0.3) is 5.52 Å². The molecule has 1 saturated carbocycles. The van der Waals surface area contributed by atoms with E-state index in [-0.39, 0.29) is 6.10 Å². The first-order chi connectivity index (χ1) is 11.8. The Morgan fingerprint density at radius 2 is 2.21 bits per heavy atom. The van der Waals surface area contributed by atoms with Gasteiger partial charge in [0.1, 0.15) is 5.52 Å². The minimum absolute atomic E-state index is 0.308. The fourth-order valence-corrected chi connectivity index (χ4v) is 3.20. The highest BCUT2D eigenvalue weighted by Crippen LogP contribution is 2.39. The van der Waals surface area contributed by atoms with Gasteiger partial charge < -0.3 is 15.3 Å². The summed E-state index contributed by atoms with van der Waals surface area (Å²) in [4.78, 5) is 6.68. The van der Waals surface area contributed by atoms with Gasteiger partial charge in [-0.2, -0.15) is 10.1 Å². The van der Waals surface area contributed by atoms with Crippen molar-refractivity contribution in [2.45, 2.75) is 31.3 Å². The Morgan fingerprint density at radius 3 is 3.00 bits per heavy atom. The second-order valence-electron chi connectivity index (χ2n) is 6.59. The Kier molecular flexibility index (Phi) is 2.99. The van der Waals surface area contributed by atoms with Crippen molar-refractivity contribution < 1.29 is 5.11 Å². The van der Waals surface area contributed by atoms with Crippen LogP contribution in [-0.2, 0) is 0 Å². The minimum atomic E-state index is -0.308. The predicted octanol–water partition coefficient (Wildman–Crippen LogP) is 1.64. The molecular weight excluding hydrogens is 306 g/mol. The molecule has 5 rings (SSSR count). The second kappa shape index (κ2) is 5.20. The van der Waals surface area contributed by atoms with Crippen molar-refractivity contribution in [2.75, 3.05) is 23.3 Å². The average molecular weight is 325 g/mol. The summed E-state index contributed by atoms with van der Waals surface area (Å²) < 4.78 is 1.81. The molecule has 2 aliphatic rings. The maximum Gasteiger partial charge on any atom is 0.245 e. The van der Waals surface area contributed by atoms with Crippen molar-refractivity contribution in [3.63, 3.8) is 0 Å². The lowest BCUT2D eigenvalue weighted by molar-refractivity contribution is 0.198. The Hall–Kier alpha value is -2.61. The molecular formula is C16H19N7O. The fourth-order valence-electron chi connectivity index (χ4n) is 3.20. The van der Waals surface area contributed by atoms with Gasteiger partial charge in [-0.1, -0.05) is 0 Å². The van der Waals surface area contributed by atoms with Crippen LogP contribution < -0.4 is 10.2 Å². The number of fused-ring (bicyclic) bond motifs is 1. The number of aliphatic hydroxyl groups excluding tert-OH is 1. The first-order valence-corrected chi connectivity index (χ1v) is 8.37. The van der Waals surface area contributed by atoms with Crippen molar-refractivity contribution in [3.8, 4) is 0 Å². The Labute approximate surface area is 138 Å². The molecule has 4 heterocycles. The van der Waals surface area contributed by atoms with Crippen molar-refractivity contribution >= 4 is 23.1 Å². The highest BCUT2D eigenvalue weighted by Gasteiger charge is 2.26. The maximum atomic E-state index is 9.77. The molecule has 8 nitrogen and oxygen atoms in total. The van der Waals surface area contributed by atoms with E-state index in [2.05, 4.69) is 31.7 Å². The van der Waals surface area contributed by atoms with E-state index >= 15 is 0 Å². The maximum absolute atomic E-state index is 9.77. The van der Waals surface area contributed by atoms with E-state index < -0.39 is 0 Å². The monoisotopic (exact) mass is 325 g/mol. The van der Waals surface area contributed by atoms with E-state index in [9.17, 15) is 5.11 Å². The lowest BCUT2D eigenvalue weighted by atomic mass is 10.3. The van der Waals surface area contributed by atoms with Crippen LogP contribution in [0.4, 0.5) is 17.6 Å². The third-order valence-corrected chi connectivity index (χ3v) is 4.69. The third-order valence-electron chi connectivity index (χ3n) is 4.69. The summed E-state index contributed by atoms with van der Waals surface area (Å²) in [7, 11) is 0. The van der Waals surface area contributed by atoms with Gasteiger partial charge in [0.2, 0.25) is 5.95 Å². The van der Waals surface area contributed by atoms with E-state index in [0.717, 1.165) is 30.1 Å². The SMILES string of the molecule is O[C@H]1CCN(c2nc(Nc3cc(C4CC4)[nH]n3)c3cccn3n2)C1. The highest BCUT2D eigenvalue weighted by atomic mass is 16.3. The summed E-state index contributed by atoms with van der Waals surface area (Å²) in [5.74, 6) is 2.75. The number of rotatable bonds is 4. The number of aliphatic hydroxyl groups is 1. The molecule has 1 saturated heterocycles. The number of β-amino-alcohol motifs (C(OH)–C–C–N with tert-alkyl or cyclic N) is 1. The number of nitrogens with one attached hydrogen (secondary N) is 2. The van der Waals surface area contributed by atoms with E-state index in [4.69, 9.17) is 0 Å². The van der Waals surface area contributed by atoms with Gasteiger partial charge in [-0.25, -0.2) is 4.52 Å². The van der Waals surface area contributed by atoms with Gasteiger partial charge in [-0.3, -0.25) is 5.10 Å². The fraction of sp³-hybridized carbons (Fsp3) is 0.438. The molecule has 2 fully saturated rings. The molecule has 0 spiro atoms. The van der Waals surface area contributed by atoms with Crippen molar-refractivity contribution in [2.24, 2.45) is 0 Å². The summed E-state index contributed by atoms with van der Waals surface area (Å²) in [6, 6.07) is 5.97. The topological polar surface area (TPSA) is 94.4 Å². The quantitative estimate of drug-likeness (QED) is 0.675. The zero-order valence-corrected chi connectivity index (χ0v) is 13.2. The lowest BCUT2D eigenvalue weighted by Crippen LogP contribution is -2.24. The molecule has 0 amide bonds. The zero-order chi connectivity index (χ0) is 16.1. The smallest absolute Gasteiger partial charge is 0.245 e. The van der Waals surface area contributed by atoms with Gasteiger partial charge in [-0.05, 0) is 31.4 Å². The van der Waals surface area contributed by atoms with Gasteiger partial charge in [-0.15, -0.1) is 5.10 Å².